The molecule has 2 aromatic rings. The third-order valence-electron chi connectivity index (χ3n) is 2.98. The van der Waals surface area contributed by atoms with Crippen LogP contribution >= 0.6 is 11.8 Å². The third-order valence-corrected chi connectivity index (χ3v) is 3.94. The van der Waals surface area contributed by atoms with Crippen molar-refractivity contribution in [2.75, 3.05) is 17.7 Å². The third kappa shape index (κ3) is 5.96. The Kier molecular flexibility index (Phi) is 6.29. The van der Waals surface area contributed by atoms with Crippen LogP contribution in [0.15, 0.2) is 35.7 Å². The van der Waals surface area contributed by atoms with Crippen molar-refractivity contribution in [3.63, 3.8) is 0 Å². The van der Waals surface area contributed by atoms with Crippen LogP contribution in [-0.4, -0.2) is 39.2 Å². The summed E-state index contributed by atoms with van der Waals surface area (Å²) in [6.07, 6.45) is -2.88. The highest BCUT2D eigenvalue weighted by atomic mass is 32.2. The van der Waals surface area contributed by atoms with Crippen molar-refractivity contribution in [2.45, 2.75) is 31.2 Å². The molecule has 10 heteroatoms. The first-order valence-electron chi connectivity index (χ1n) is 7.37. The van der Waals surface area contributed by atoms with Gasteiger partial charge in [0.15, 0.2) is 11.8 Å². The fourth-order valence-corrected chi connectivity index (χ4v) is 2.71. The number of nitrogens with zero attached hydrogens (tertiary/aromatic N) is 3. The van der Waals surface area contributed by atoms with E-state index in [1.165, 1.54) is 30.0 Å². The smallest absolute Gasteiger partial charge is 0.422 e. The van der Waals surface area contributed by atoms with Gasteiger partial charge in [-0.2, -0.15) is 13.2 Å². The Hall–Kier alpha value is -2.23. The molecule has 136 valence electrons. The zero-order valence-electron chi connectivity index (χ0n) is 13.6. The van der Waals surface area contributed by atoms with E-state index in [1.807, 2.05) is 18.4 Å². The number of halogens is 3. The number of anilines is 1. The number of hydrogen-bond donors (Lipinski definition) is 1. The van der Waals surface area contributed by atoms with Crippen LogP contribution in [0.4, 0.5) is 18.9 Å². The molecule has 0 aliphatic heterocycles. The highest BCUT2D eigenvalue weighted by Crippen LogP contribution is 2.27. The number of aromatic nitrogens is 3. The lowest BCUT2D eigenvalue weighted by molar-refractivity contribution is -0.153. The van der Waals surface area contributed by atoms with Gasteiger partial charge >= 0.3 is 6.18 Å². The van der Waals surface area contributed by atoms with Crippen molar-refractivity contribution >= 4 is 23.4 Å². The summed E-state index contributed by atoms with van der Waals surface area (Å²) in [6.45, 7) is 2.50. The first-order chi connectivity index (χ1) is 11.8. The van der Waals surface area contributed by atoms with Gasteiger partial charge in [0, 0.05) is 6.04 Å². The number of carbonyl (C=O) groups excluding carboxylic acids is 1. The van der Waals surface area contributed by atoms with Crippen molar-refractivity contribution in [1.29, 1.82) is 0 Å². The topological polar surface area (TPSA) is 69.0 Å². The number of ether oxygens (including phenoxy) is 1. The normalized spacial score (nSPS) is 11.6. The van der Waals surface area contributed by atoms with E-state index in [0.717, 1.165) is 0 Å². The van der Waals surface area contributed by atoms with Gasteiger partial charge in [-0.3, -0.25) is 4.79 Å². The largest absolute Gasteiger partial charge is 0.482 e. The molecule has 0 unspecified atom stereocenters. The van der Waals surface area contributed by atoms with E-state index in [1.54, 1.807) is 12.4 Å². The summed E-state index contributed by atoms with van der Waals surface area (Å²) in [5, 5.41) is 10.9. The van der Waals surface area contributed by atoms with E-state index in [0.29, 0.717) is 5.16 Å². The van der Waals surface area contributed by atoms with Crippen molar-refractivity contribution in [3.05, 3.63) is 30.6 Å². The number of carbonyl (C=O) groups is 1. The Morgan fingerprint density at radius 1 is 1.36 bits per heavy atom. The summed E-state index contributed by atoms with van der Waals surface area (Å²) in [5.41, 5.74) is 0.183. The molecule has 0 aliphatic rings. The molecule has 25 heavy (non-hydrogen) atoms. The first-order valence-corrected chi connectivity index (χ1v) is 8.35. The van der Waals surface area contributed by atoms with Crippen molar-refractivity contribution < 1.29 is 22.7 Å². The summed E-state index contributed by atoms with van der Waals surface area (Å²) in [6, 6.07) is 6.12. The van der Waals surface area contributed by atoms with E-state index in [2.05, 4.69) is 15.5 Å². The highest BCUT2D eigenvalue weighted by molar-refractivity contribution is 7.99. The maximum Gasteiger partial charge on any atom is 0.422 e. The molecule has 1 amide bonds. The van der Waals surface area contributed by atoms with Gasteiger partial charge in [0.25, 0.3) is 0 Å². The van der Waals surface area contributed by atoms with Crippen molar-refractivity contribution in [3.8, 4) is 5.75 Å². The molecule has 0 saturated heterocycles. The molecular weight excluding hydrogens is 357 g/mol. The number of alkyl halides is 3. The fraction of sp³-hybridized carbons (Fsp3) is 0.400. The Bertz CT molecular complexity index is 719. The molecule has 1 heterocycles. The fourth-order valence-electron chi connectivity index (χ4n) is 1.86. The van der Waals surface area contributed by atoms with Crippen molar-refractivity contribution in [1.82, 2.24) is 14.8 Å². The lowest BCUT2D eigenvalue weighted by Crippen LogP contribution is -2.20. The Balaban J connectivity index is 1.95. The van der Waals surface area contributed by atoms with Gasteiger partial charge in [-0.15, -0.1) is 10.2 Å². The maximum atomic E-state index is 12.3. The van der Waals surface area contributed by atoms with Crippen LogP contribution in [-0.2, 0) is 4.79 Å². The molecule has 0 aliphatic carbocycles. The van der Waals surface area contributed by atoms with Crippen LogP contribution in [0.25, 0.3) is 0 Å². The Morgan fingerprint density at radius 3 is 2.76 bits per heavy atom. The molecule has 1 aromatic carbocycles. The lowest BCUT2D eigenvalue weighted by atomic mass is 10.3. The second-order valence-corrected chi connectivity index (χ2v) is 6.29. The van der Waals surface area contributed by atoms with E-state index in [-0.39, 0.29) is 29.1 Å². The van der Waals surface area contributed by atoms with Crippen LogP contribution in [0.3, 0.4) is 0 Å². The minimum atomic E-state index is -4.45. The number of benzene rings is 1. The van der Waals surface area contributed by atoms with Gasteiger partial charge in [-0.05, 0) is 26.0 Å². The van der Waals surface area contributed by atoms with Crippen molar-refractivity contribution in [2.24, 2.45) is 0 Å². The van der Waals surface area contributed by atoms with E-state index in [4.69, 9.17) is 4.74 Å². The SMILES string of the molecule is CC(C)n1cnnc1SCC(=O)Nc1ccccc1OCC(F)(F)F. The summed E-state index contributed by atoms with van der Waals surface area (Å²) < 4.78 is 43.4. The Labute approximate surface area is 146 Å². The first kappa shape index (κ1) is 19.1. The van der Waals surface area contributed by atoms with Crippen LogP contribution < -0.4 is 10.1 Å². The molecule has 1 N–H and O–H groups in total. The summed E-state index contributed by atoms with van der Waals surface area (Å²) in [4.78, 5) is 12.1. The van der Waals surface area contributed by atoms with Crippen LogP contribution in [0, 0.1) is 0 Å². The maximum absolute atomic E-state index is 12.3. The average Bonchev–Trinajstić information content (AvgIpc) is 3.00. The zero-order chi connectivity index (χ0) is 18.4. The van der Waals surface area contributed by atoms with Gasteiger partial charge in [-0.1, -0.05) is 23.9 Å². The molecule has 1 aromatic heterocycles. The van der Waals surface area contributed by atoms with E-state index < -0.39 is 12.8 Å². The minimum Gasteiger partial charge on any atom is -0.482 e. The number of nitrogens with one attached hydrogen (secondary N) is 1. The average molecular weight is 374 g/mol. The molecule has 0 radical (unpaired) electrons. The number of para-hydroxylation sites is 2. The van der Waals surface area contributed by atoms with Gasteiger partial charge < -0.3 is 14.6 Å². The van der Waals surface area contributed by atoms with Crippen LogP contribution in [0.5, 0.6) is 5.75 Å². The quantitative estimate of drug-likeness (QED) is 0.751. The van der Waals surface area contributed by atoms with E-state index in [9.17, 15) is 18.0 Å². The Morgan fingerprint density at radius 2 is 2.08 bits per heavy atom. The monoisotopic (exact) mass is 374 g/mol. The highest BCUT2D eigenvalue weighted by Gasteiger charge is 2.28. The number of thioether (sulfide) groups is 1. The second-order valence-electron chi connectivity index (χ2n) is 5.35. The summed E-state index contributed by atoms with van der Waals surface area (Å²) >= 11 is 1.19. The van der Waals surface area contributed by atoms with Gasteiger partial charge in [0.05, 0.1) is 11.4 Å². The molecule has 0 spiro atoms. The van der Waals surface area contributed by atoms with E-state index >= 15 is 0 Å². The van der Waals surface area contributed by atoms with Crippen LogP contribution in [0.1, 0.15) is 19.9 Å². The predicted molar refractivity (Wildman–Crippen MR) is 87.8 cm³/mol. The van der Waals surface area contributed by atoms with Gasteiger partial charge in [0.1, 0.15) is 12.1 Å². The number of rotatable bonds is 7. The standard InChI is InChI=1S/C15H17F3N4O2S/c1-10(2)22-9-19-21-14(22)25-7-13(23)20-11-5-3-4-6-12(11)24-8-15(16,17)18/h3-6,9-10H,7-8H2,1-2H3,(H,20,23). The molecule has 0 saturated carbocycles. The molecular formula is C15H17F3N4O2S. The summed E-state index contributed by atoms with van der Waals surface area (Å²) in [5.74, 6) is -0.381. The zero-order valence-corrected chi connectivity index (χ0v) is 14.4. The predicted octanol–water partition coefficient (Wildman–Crippen LogP) is 3.53. The molecule has 2 rings (SSSR count). The lowest BCUT2D eigenvalue weighted by Gasteiger charge is -2.14. The second kappa shape index (κ2) is 8.24. The van der Waals surface area contributed by atoms with Gasteiger partial charge in [0.2, 0.25) is 5.91 Å². The summed E-state index contributed by atoms with van der Waals surface area (Å²) in [7, 11) is 0. The van der Waals surface area contributed by atoms with Crippen LogP contribution in [0.2, 0.25) is 0 Å². The molecule has 0 fully saturated rings. The van der Waals surface area contributed by atoms with Gasteiger partial charge in [-0.25, -0.2) is 0 Å². The molecule has 0 atom stereocenters. The molecule has 6 nitrogen and oxygen atoms in total. The number of amides is 1. The minimum absolute atomic E-state index is 0.0384. The molecule has 0 bridgehead atoms. The number of hydrogen-bond acceptors (Lipinski definition) is 5.